The fourth-order valence-corrected chi connectivity index (χ4v) is 6.48. The van der Waals surface area contributed by atoms with Gasteiger partial charge in [-0.25, -0.2) is 9.59 Å². The van der Waals surface area contributed by atoms with E-state index in [0.29, 0.717) is 41.7 Å². The van der Waals surface area contributed by atoms with Crippen molar-refractivity contribution in [1.29, 1.82) is 0 Å². The normalized spacial score (nSPS) is 14.6. The lowest BCUT2D eigenvalue weighted by Gasteiger charge is -2.24. The Morgan fingerprint density at radius 3 is 2.33 bits per heavy atom. The number of amides is 2. The molecule has 1 aliphatic heterocycles. The second-order valence-corrected chi connectivity index (χ2v) is 12.8. The Balaban J connectivity index is 0.000000459. The molecular weight excluding hydrogens is 692 g/mol. The molecule has 4 aromatic rings. The highest BCUT2D eigenvalue weighted by Gasteiger charge is 2.31. The molecule has 1 aliphatic carbocycles. The quantitative estimate of drug-likeness (QED) is 0.186. The van der Waals surface area contributed by atoms with Gasteiger partial charge in [-0.3, -0.25) is 14.6 Å². The first-order valence-corrected chi connectivity index (χ1v) is 16.9. The van der Waals surface area contributed by atoms with E-state index in [0.717, 1.165) is 47.3 Å². The predicted molar refractivity (Wildman–Crippen MR) is 192 cm³/mol. The van der Waals surface area contributed by atoms with Gasteiger partial charge in [-0.05, 0) is 84.3 Å². The number of aliphatic hydroxyl groups is 2. The lowest BCUT2D eigenvalue weighted by Crippen LogP contribution is -2.39. The van der Waals surface area contributed by atoms with Crippen LogP contribution in [0.1, 0.15) is 68.9 Å². The number of allylic oxidation sites excluding steroid dienone is 2. The second-order valence-electron chi connectivity index (χ2n) is 12.4. The number of hydrogen-bond acceptors (Lipinski definition) is 8. The minimum Gasteiger partial charge on any atom is -0.496 e. The number of carboxylic acid groups (broad SMARTS) is 2. The van der Waals surface area contributed by atoms with Crippen molar-refractivity contribution in [2.45, 2.75) is 57.5 Å². The van der Waals surface area contributed by atoms with Crippen molar-refractivity contribution < 1.29 is 44.3 Å². The summed E-state index contributed by atoms with van der Waals surface area (Å²) in [5.41, 5.74) is 6.67. The lowest BCUT2D eigenvalue weighted by molar-refractivity contribution is -0.165. The highest BCUT2D eigenvalue weighted by Crippen LogP contribution is 2.38. The smallest absolute Gasteiger partial charge is 0.335 e. The summed E-state index contributed by atoms with van der Waals surface area (Å²) < 4.78 is 7.76. The molecule has 2 unspecified atom stereocenters. The summed E-state index contributed by atoms with van der Waals surface area (Å²) in [4.78, 5) is 55.0. The monoisotopic (exact) mass is 730 g/mol. The van der Waals surface area contributed by atoms with Crippen LogP contribution >= 0.6 is 11.6 Å². The number of aliphatic hydroxyl groups excluding tert-OH is 2. The number of aromatic nitrogens is 2. The van der Waals surface area contributed by atoms with Gasteiger partial charge in [0.25, 0.3) is 11.8 Å². The van der Waals surface area contributed by atoms with Crippen LogP contribution in [-0.4, -0.2) is 85.0 Å². The summed E-state index contributed by atoms with van der Waals surface area (Å²) in [6, 6.07) is 19.1. The number of pyridine rings is 1. The zero-order chi connectivity index (χ0) is 37.5. The van der Waals surface area contributed by atoms with E-state index in [9.17, 15) is 19.2 Å². The van der Waals surface area contributed by atoms with Crippen LogP contribution in [0.4, 0.5) is 5.69 Å². The number of halogens is 1. The van der Waals surface area contributed by atoms with Crippen molar-refractivity contribution in [3.05, 3.63) is 118 Å². The fraction of sp³-hybridized carbons (Fsp3) is 0.289. The number of hydrogen-bond donors (Lipinski definition) is 4. The number of anilines is 1. The summed E-state index contributed by atoms with van der Waals surface area (Å²) in [6.07, 6.45) is 5.48. The van der Waals surface area contributed by atoms with E-state index in [-0.39, 0.29) is 11.8 Å². The highest BCUT2D eigenvalue weighted by atomic mass is 35.5. The van der Waals surface area contributed by atoms with E-state index >= 15 is 0 Å². The van der Waals surface area contributed by atoms with Gasteiger partial charge in [-0.1, -0.05) is 41.9 Å². The van der Waals surface area contributed by atoms with Crippen molar-refractivity contribution >= 4 is 46.6 Å². The topological polar surface area (TPSA) is 183 Å². The van der Waals surface area contributed by atoms with Gasteiger partial charge >= 0.3 is 11.9 Å². The number of nitrogens with zero attached hydrogens (tertiary/aromatic N) is 4. The number of methoxy groups -OCH3 is 1. The van der Waals surface area contributed by atoms with Crippen molar-refractivity contribution in [2.75, 3.05) is 19.1 Å². The van der Waals surface area contributed by atoms with E-state index in [2.05, 4.69) is 11.1 Å². The van der Waals surface area contributed by atoms with Crippen LogP contribution in [0.2, 0.25) is 5.02 Å². The molecule has 13 nitrogen and oxygen atoms in total. The molecule has 3 heterocycles. The maximum Gasteiger partial charge on any atom is 0.335 e. The van der Waals surface area contributed by atoms with Crippen LogP contribution in [0.3, 0.4) is 0 Å². The molecule has 6 rings (SSSR count). The van der Waals surface area contributed by atoms with Crippen LogP contribution in [0.15, 0.2) is 79.1 Å². The number of carbonyl (C=O) groups is 4. The van der Waals surface area contributed by atoms with Crippen LogP contribution < -0.4 is 9.64 Å². The Labute approximate surface area is 305 Å². The number of benzene rings is 2. The number of carboxylic acids is 2. The largest absolute Gasteiger partial charge is 0.496 e. The zero-order valence-electron chi connectivity index (χ0n) is 28.6. The van der Waals surface area contributed by atoms with Crippen molar-refractivity contribution in [1.82, 2.24) is 14.5 Å². The first kappa shape index (κ1) is 37.7. The molecule has 2 aromatic carbocycles. The van der Waals surface area contributed by atoms with Crippen molar-refractivity contribution in [2.24, 2.45) is 0 Å². The first-order valence-electron chi connectivity index (χ1n) is 16.5. The lowest BCUT2D eigenvalue weighted by atomic mass is 9.92. The van der Waals surface area contributed by atoms with Gasteiger partial charge in [0.15, 0.2) is 12.2 Å². The Kier molecular flexibility index (Phi) is 12.1. The van der Waals surface area contributed by atoms with E-state index in [1.165, 1.54) is 12.0 Å². The summed E-state index contributed by atoms with van der Waals surface area (Å²) in [5.74, 6) is -3.34. The number of carbonyl (C=O) groups excluding carboxylic acids is 2. The molecule has 4 N–H and O–H groups in total. The van der Waals surface area contributed by atoms with Gasteiger partial charge in [-0.15, -0.1) is 0 Å². The van der Waals surface area contributed by atoms with E-state index in [4.69, 9.17) is 36.8 Å². The van der Waals surface area contributed by atoms with Crippen LogP contribution in [0.25, 0.3) is 5.57 Å². The van der Waals surface area contributed by atoms with Crippen LogP contribution in [-0.2, 0) is 29.2 Å². The minimum atomic E-state index is -2.27. The summed E-state index contributed by atoms with van der Waals surface area (Å²) in [5, 5.41) is 33.1. The molecule has 0 spiro atoms. The van der Waals surface area contributed by atoms with Gasteiger partial charge < -0.3 is 39.5 Å². The molecule has 0 saturated carbocycles. The third kappa shape index (κ3) is 8.34. The summed E-state index contributed by atoms with van der Waals surface area (Å²) in [6.45, 7) is 1.21. The van der Waals surface area contributed by atoms with Crippen LogP contribution in [0.5, 0.6) is 5.75 Å². The Bertz CT molecular complexity index is 1980. The Hall–Kier alpha value is -5.50. The fourth-order valence-electron chi connectivity index (χ4n) is 6.19. The van der Waals surface area contributed by atoms with E-state index in [1.54, 1.807) is 42.4 Å². The van der Waals surface area contributed by atoms with Gasteiger partial charge in [0.05, 0.1) is 25.8 Å². The van der Waals surface area contributed by atoms with Gasteiger partial charge in [0.1, 0.15) is 11.4 Å². The molecule has 2 atom stereocenters. The standard InChI is InChI=1S/C34H33ClN4O3.C4H6O6/c1-37(20-23-9-8-16-36-19-23)34(41)31-15-14-26-22-39(30-13-7-6-12-25(30)21-38(26)31)33(40)28-17-29(35)27(18-32(28)42-2)24-10-4-3-5-11-24;5-1(3(7)8)2(6)4(9)10/h6-10,12-19H,3-5,11,20-22H2,1-2H3;1-2,5-6H,(H,7,8)(H,9,10). The number of para-hydroxylation sites is 1. The van der Waals surface area contributed by atoms with E-state index in [1.807, 2.05) is 59.2 Å². The Morgan fingerprint density at radius 2 is 1.69 bits per heavy atom. The first-order chi connectivity index (χ1) is 24.9. The van der Waals surface area contributed by atoms with Crippen molar-refractivity contribution in [3.63, 3.8) is 0 Å². The molecule has 272 valence electrons. The molecule has 14 heteroatoms. The molecule has 0 radical (unpaired) electrons. The number of aliphatic carboxylic acids is 2. The molecule has 0 bridgehead atoms. The zero-order valence-corrected chi connectivity index (χ0v) is 29.4. The van der Waals surface area contributed by atoms with Crippen LogP contribution in [0, 0.1) is 0 Å². The Morgan fingerprint density at radius 1 is 0.962 bits per heavy atom. The molecule has 0 fully saturated rings. The molecule has 2 amide bonds. The molecule has 2 aromatic heterocycles. The van der Waals surface area contributed by atoms with Gasteiger partial charge in [-0.2, -0.15) is 0 Å². The molecular formula is C38H39ClN4O9. The third-order valence-electron chi connectivity index (χ3n) is 8.92. The molecule has 52 heavy (non-hydrogen) atoms. The predicted octanol–water partition coefficient (Wildman–Crippen LogP) is 4.86. The van der Waals surface area contributed by atoms with Gasteiger partial charge in [0.2, 0.25) is 0 Å². The number of rotatable bonds is 9. The average molecular weight is 731 g/mol. The maximum absolute atomic E-state index is 14.3. The summed E-state index contributed by atoms with van der Waals surface area (Å²) >= 11 is 6.80. The second kappa shape index (κ2) is 16.7. The molecule has 0 saturated heterocycles. The SMILES string of the molecule is COc1cc(C2=CCCCC2)c(Cl)cc1C(=O)N1Cc2ccc(C(=O)N(C)Cc3cccnc3)n2Cc2ccccc21.O=C(O)C(O)C(O)C(=O)O. The van der Waals surface area contributed by atoms with Crippen molar-refractivity contribution in [3.8, 4) is 5.75 Å². The maximum atomic E-state index is 14.3. The highest BCUT2D eigenvalue weighted by molar-refractivity contribution is 6.33. The van der Waals surface area contributed by atoms with E-state index < -0.39 is 24.1 Å². The number of fused-ring (bicyclic) bond motifs is 2. The minimum absolute atomic E-state index is 0.0941. The summed E-state index contributed by atoms with van der Waals surface area (Å²) in [7, 11) is 3.37. The third-order valence-corrected chi connectivity index (χ3v) is 9.23. The molecule has 2 aliphatic rings. The number of ether oxygens (including phenoxy) is 1. The average Bonchev–Trinajstić information content (AvgIpc) is 3.46. The van der Waals surface area contributed by atoms with Gasteiger partial charge in [0, 0.05) is 42.4 Å².